The van der Waals surface area contributed by atoms with E-state index >= 15 is 0 Å². The average Bonchev–Trinajstić information content (AvgIpc) is 3.12. The summed E-state index contributed by atoms with van der Waals surface area (Å²) in [5.74, 6) is 1.38. The summed E-state index contributed by atoms with van der Waals surface area (Å²) in [5.41, 5.74) is 2.10. The van der Waals surface area contributed by atoms with Crippen LogP contribution in [0.1, 0.15) is 25.3 Å². The van der Waals surface area contributed by atoms with E-state index in [0.29, 0.717) is 30.8 Å². The molecule has 0 aliphatic carbocycles. The molecule has 1 N–H and O–H groups in total. The molecule has 1 heterocycles. The minimum absolute atomic E-state index is 0.0160. The van der Waals surface area contributed by atoms with Gasteiger partial charge in [0.1, 0.15) is 0 Å². The molecule has 0 bridgehead atoms. The monoisotopic (exact) mass is 351 g/mol. The summed E-state index contributed by atoms with van der Waals surface area (Å²) in [4.78, 5) is 2.20. The third-order valence-corrected chi connectivity index (χ3v) is 4.48. The smallest absolute Gasteiger partial charge is 0.247 e. The fourth-order valence-electron chi connectivity index (χ4n) is 3.04. The molecule has 0 aliphatic rings. The zero-order chi connectivity index (χ0) is 18.4. The first-order chi connectivity index (χ1) is 12.7. The summed E-state index contributed by atoms with van der Waals surface area (Å²) in [7, 11) is 0. The third kappa shape index (κ3) is 4.56. The number of aliphatic hydroxyl groups is 1. The quantitative estimate of drug-likeness (QED) is 0.669. The van der Waals surface area contributed by atoms with E-state index in [1.54, 1.807) is 0 Å². The molecule has 0 saturated carbocycles. The Morgan fingerprint density at radius 3 is 2.19 bits per heavy atom. The van der Waals surface area contributed by atoms with Crippen molar-refractivity contribution in [1.82, 2.24) is 15.1 Å². The number of hydrogen-bond acceptors (Lipinski definition) is 5. The van der Waals surface area contributed by atoms with Gasteiger partial charge in [-0.15, -0.1) is 10.2 Å². The summed E-state index contributed by atoms with van der Waals surface area (Å²) in [5, 5.41) is 18.3. The molecule has 5 heteroatoms. The van der Waals surface area contributed by atoms with Gasteiger partial charge in [0.25, 0.3) is 0 Å². The number of benzene rings is 2. The van der Waals surface area contributed by atoms with Gasteiger partial charge in [-0.1, -0.05) is 62.4 Å². The maximum atomic E-state index is 9.90. The molecule has 1 unspecified atom stereocenters. The Kier molecular flexibility index (Phi) is 6.15. The standard InChI is InChI=1S/C21H25N3O2/c1-16(2)19(15-25)24(13-17-9-5-3-6-10-17)14-20-22-23-21(26-20)18-11-7-4-8-12-18/h3-12,16,19,25H,13-15H2,1-2H3. The average molecular weight is 351 g/mol. The summed E-state index contributed by atoms with van der Waals surface area (Å²) in [6.07, 6.45) is 0. The molecule has 5 nitrogen and oxygen atoms in total. The van der Waals surface area contributed by atoms with Crippen molar-refractivity contribution in [1.29, 1.82) is 0 Å². The van der Waals surface area contributed by atoms with Crippen LogP contribution in [0.3, 0.4) is 0 Å². The van der Waals surface area contributed by atoms with Crippen LogP contribution in [-0.2, 0) is 13.1 Å². The zero-order valence-corrected chi connectivity index (χ0v) is 15.2. The van der Waals surface area contributed by atoms with Crippen molar-refractivity contribution in [3.05, 3.63) is 72.1 Å². The molecule has 2 aromatic carbocycles. The molecule has 3 aromatic rings. The van der Waals surface area contributed by atoms with Crippen LogP contribution in [-0.4, -0.2) is 32.9 Å². The van der Waals surface area contributed by atoms with Crippen LogP contribution >= 0.6 is 0 Å². The fourth-order valence-corrected chi connectivity index (χ4v) is 3.04. The summed E-state index contributed by atoms with van der Waals surface area (Å²) in [6.45, 7) is 5.53. The minimum Gasteiger partial charge on any atom is -0.419 e. The van der Waals surface area contributed by atoms with Gasteiger partial charge in [-0.2, -0.15) is 0 Å². The van der Waals surface area contributed by atoms with E-state index in [2.05, 4.69) is 41.1 Å². The highest BCUT2D eigenvalue weighted by Gasteiger charge is 2.23. The first-order valence-electron chi connectivity index (χ1n) is 8.94. The Balaban J connectivity index is 1.80. The molecule has 136 valence electrons. The van der Waals surface area contributed by atoms with Gasteiger partial charge in [0.15, 0.2) is 0 Å². The van der Waals surface area contributed by atoms with Crippen molar-refractivity contribution < 1.29 is 9.52 Å². The van der Waals surface area contributed by atoms with E-state index in [1.165, 1.54) is 5.56 Å². The van der Waals surface area contributed by atoms with Gasteiger partial charge in [-0.05, 0) is 23.6 Å². The molecular weight excluding hydrogens is 326 g/mol. The van der Waals surface area contributed by atoms with Crippen LogP contribution in [0.15, 0.2) is 65.1 Å². The van der Waals surface area contributed by atoms with E-state index in [-0.39, 0.29) is 12.6 Å². The van der Waals surface area contributed by atoms with Crippen molar-refractivity contribution in [2.24, 2.45) is 5.92 Å². The lowest BCUT2D eigenvalue weighted by Crippen LogP contribution is -2.40. The lowest BCUT2D eigenvalue weighted by Gasteiger charge is -2.32. The molecule has 0 saturated heterocycles. The van der Waals surface area contributed by atoms with E-state index < -0.39 is 0 Å². The SMILES string of the molecule is CC(C)C(CO)N(Cc1ccccc1)Cc1nnc(-c2ccccc2)o1. The van der Waals surface area contributed by atoms with Gasteiger partial charge in [-0.3, -0.25) is 4.90 Å². The Morgan fingerprint density at radius 2 is 1.58 bits per heavy atom. The second-order valence-electron chi connectivity index (χ2n) is 6.75. The van der Waals surface area contributed by atoms with Crippen molar-refractivity contribution in [3.63, 3.8) is 0 Å². The second-order valence-corrected chi connectivity index (χ2v) is 6.75. The predicted molar refractivity (Wildman–Crippen MR) is 101 cm³/mol. The Morgan fingerprint density at radius 1 is 0.923 bits per heavy atom. The maximum absolute atomic E-state index is 9.90. The summed E-state index contributed by atoms with van der Waals surface area (Å²) < 4.78 is 5.87. The van der Waals surface area contributed by atoms with Gasteiger partial charge in [0.2, 0.25) is 11.8 Å². The topological polar surface area (TPSA) is 62.4 Å². The zero-order valence-electron chi connectivity index (χ0n) is 15.2. The van der Waals surface area contributed by atoms with E-state index in [0.717, 1.165) is 5.56 Å². The largest absolute Gasteiger partial charge is 0.419 e. The molecule has 3 rings (SSSR count). The van der Waals surface area contributed by atoms with Crippen LogP contribution in [0.4, 0.5) is 0 Å². The van der Waals surface area contributed by atoms with Crippen molar-refractivity contribution in [2.75, 3.05) is 6.61 Å². The Labute approximate surface area is 154 Å². The fraction of sp³-hybridized carbons (Fsp3) is 0.333. The Hall–Kier alpha value is -2.50. The minimum atomic E-state index is 0.0160. The maximum Gasteiger partial charge on any atom is 0.247 e. The normalized spacial score (nSPS) is 12.7. The number of aliphatic hydroxyl groups excluding tert-OH is 1. The summed E-state index contributed by atoms with van der Waals surface area (Å²) in [6, 6.07) is 20.0. The molecule has 1 aromatic heterocycles. The summed E-state index contributed by atoms with van der Waals surface area (Å²) >= 11 is 0. The van der Waals surface area contributed by atoms with Crippen LogP contribution in [0.2, 0.25) is 0 Å². The number of hydrogen-bond donors (Lipinski definition) is 1. The van der Waals surface area contributed by atoms with E-state index in [1.807, 2.05) is 48.5 Å². The first kappa shape index (κ1) is 18.3. The molecule has 0 amide bonds. The van der Waals surface area contributed by atoms with E-state index in [9.17, 15) is 5.11 Å². The third-order valence-electron chi connectivity index (χ3n) is 4.48. The van der Waals surface area contributed by atoms with Crippen molar-refractivity contribution >= 4 is 0 Å². The van der Waals surface area contributed by atoms with Crippen LogP contribution < -0.4 is 0 Å². The van der Waals surface area contributed by atoms with Gasteiger partial charge >= 0.3 is 0 Å². The molecular formula is C21H25N3O2. The highest BCUT2D eigenvalue weighted by atomic mass is 16.4. The molecule has 26 heavy (non-hydrogen) atoms. The van der Waals surface area contributed by atoms with E-state index in [4.69, 9.17) is 4.42 Å². The van der Waals surface area contributed by atoms with Crippen molar-refractivity contribution in [3.8, 4) is 11.5 Å². The highest BCUT2D eigenvalue weighted by molar-refractivity contribution is 5.51. The van der Waals surface area contributed by atoms with Crippen LogP contribution in [0.25, 0.3) is 11.5 Å². The van der Waals surface area contributed by atoms with Gasteiger partial charge in [-0.25, -0.2) is 0 Å². The molecule has 0 aliphatic heterocycles. The molecule has 0 spiro atoms. The van der Waals surface area contributed by atoms with Crippen LogP contribution in [0, 0.1) is 5.92 Å². The second kappa shape index (κ2) is 8.74. The van der Waals surface area contributed by atoms with Crippen LogP contribution in [0.5, 0.6) is 0 Å². The van der Waals surface area contributed by atoms with Crippen molar-refractivity contribution in [2.45, 2.75) is 33.0 Å². The van der Waals surface area contributed by atoms with Gasteiger partial charge in [0.05, 0.1) is 13.2 Å². The molecule has 0 fully saturated rings. The predicted octanol–water partition coefficient (Wildman–Crippen LogP) is 3.76. The number of aromatic nitrogens is 2. The lowest BCUT2D eigenvalue weighted by atomic mass is 10.0. The van der Waals surface area contributed by atoms with Gasteiger partial charge < -0.3 is 9.52 Å². The number of nitrogens with zero attached hydrogens (tertiary/aromatic N) is 3. The highest BCUT2D eigenvalue weighted by Crippen LogP contribution is 2.21. The lowest BCUT2D eigenvalue weighted by molar-refractivity contribution is 0.0715. The first-order valence-corrected chi connectivity index (χ1v) is 8.94. The van der Waals surface area contributed by atoms with Gasteiger partial charge in [0, 0.05) is 18.2 Å². The molecule has 1 atom stereocenters. The molecule has 0 radical (unpaired) electrons. The number of rotatable bonds is 8. The Bertz CT molecular complexity index is 787.